The zero-order valence-corrected chi connectivity index (χ0v) is 29.5. The molecule has 0 spiro atoms. The number of ether oxygens (including phenoxy) is 10. The molecule has 2 fully saturated rings. The highest BCUT2D eigenvalue weighted by Crippen LogP contribution is 2.34. The predicted octanol–water partition coefficient (Wildman–Crippen LogP) is 0.458. The van der Waals surface area contributed by atoms with Gasteiger partial charge in [0.15, 0.2) is 39.0 Å². The van der Waals surface area contributed by atoms with Gasteiger partial charge in [-0.2, -0.15) is 0 Å². The molecule has 19 heteroatoms. The fraction of sp³-hybridized carbons (Fsp3) is 0.759. The van der Waals surface area contributed by atoms with E-state index in [1.807, 2.05) is 19.6 Å². The third-order valence-electron chi connectivity index (χ3n) is 6.34. The van der Waals surface area contributed by atoms with Crippen molar-refractivity contribution in [2.75, 3.05) is 13.2 Å². The van der Waals surface area contributed by atoms with E-state index in [9.17, 15) is 33.6 Å². The second kappa shape index (κ2) is 17.7. The second-order valence-electron chi connectivity index (χ2n) is 11.9. The molecular weight excluding hydrogens is 664 g/mol. The molecule has 0 radical (unpaired) electrons. The van der Waals surface area contributed by atoms with E-state index in [1.54, 1.807) is 0 Å². The summed E-state index contributed by atoms with van der Waals surface area (Å²) in [5.74, 6) is -5.66. The van der Waals surface area contributed by atoms with E-state index in [2.05, 4.69) is 0 Å². The van der Waals surface area contributed by atoms with Gasteiger partial charge < -0.3 is 51.8 Å². The van der Waals surface area contributed by atoms with Crippen molar-refractivity contribution in [3.05, 3.63) is 0 Å². The van der Waals surface area contributed by atoms with Crippen LogP contribution in [0.15, 0.2) is 0 Å². The average molecular weight is 709 g/mol. The van der Waals surface area contributed by atoms with Gasteiger partial charge >= 0.3 is 41.8 Å². The van der Waals surface area contributed by atoms with Gasteiger partial charge in [0.05, 0.1) is 6.61 Å². The van der Waals surface area contributed by atoms with Crippen LogP contribution in [0.2, 0.25) is 19.6 Å². The van der Waals surface area contributed by atoms with Crippen molar-refractivity contribution >= 4 is 50.1 Å². The Morgan fingerprint density at radius 2 is 0.833 bits per heavy atom. The van der Waals surface area contributed by atoms with E-state index < -0.39 is 118 Å². The zero-order chi connectivity index (χ0) is 36.5. The lowest BCUT2D eigenvalue weighted by molar-refractivity contribution is -0.329. The molecule has 5 unspecified atom stereocenters. The summed E-state index contributed by atoms with van der Waals surface area (Å²) >= 11 is 0. The van der Waals surface area contributed by atoms with Gasteiger partial charge in [-0.05, 0) is 19.6 Å². The molecule has 2 heterocycles. The molecule has 0 amide bonds. The van der Waals surface area contributed by atoms with Crippen LogP contribution in [0.4, 0.5) is 0 Å². The van der Waals surface area contributed by atoms with Crippen LogP contribution in [0.3, 0.4) is 0 Å². The fourth-order valence-corrected chi connectivity index (χ4v) is 6.08. The van der Waals surface area contributed by atoms with E-state index in [0.29, 0.717) is 0 Å². The largest absolute Gasteiger partial charge is 0.463 e. The van der Waals surface area contributed by atoms with Crippen LogP contribution in [-0.2, 0) is 85.4 Å². The summed E-state index contributed by atoms with van der Waals surface area (Å²) in [5, 5.41) is 0. The summed E-state index contributed by atoms with van der Waals surface area (Å²) in [7, 11) is -2.44. The van der Waals surface area contributed by atoms with Crippen molar-refractivity contribution in [1.82, 2.24) is 0 Å². The van der Waals surface area contributed by atoms with Gasteiger partial charge in [0, 0.05) is 48.5 Å². The number of carbonyl (C=O) groups excluding carboxylic acids is 7. The lowest BCUT2D eigenvalue weighted by Crippen LogP contribution is -2.65. The van der Waals surface area contributed by atoms with Gasteiger partial charge in [-0.15, -0.1) is 0 Å². The quantitative estimate of drug-likeness (QED) is 0.144. The highest BCUT2D eigenvalue weighted by atomic mass is 28.4. The molecule has 0 aromatic carbocycles. The topological polar surface area (TPSA) is 221 Å². The molecule has 0 aliphatic carbocycles. The van der Waals surface area contributed by atoms with Crippen molar-refractivity contribution in [1.29, 1.82) is 0 Å². The normalized spacial score (nSPS) is 30.2. The van der Waals surface area contributed by atoms with Crippen LogP contribution in [-0.4, -0.2) is 125 Å². The number of esters is 7. The molecule has 2 rings (SSSR count). The van der Waals surface area contributed by atoms with Crippen LogP contribution in [0.25, 0.3) is 0 Å². The minimum Gasteiger partial charge on any atom is -0.463 e. The summed E-state index contributed by atoms with van der Waals surface area (Å²) in [4.78, 5) is 84.5. The van der Waals surface area contributed by atoms with Crippen LogP contribution in [0.1, 0.15) is 48.5 Å². The Balaban J connectivity index is 2.58. The highest BCUT2D eigenvalue weighted by Gasteiger charge is 2.56. The minimum atomic E-state index is -2.44. The van der Waals surface area contributed by atoms with Crippen molar-refractivity contribution in [3.63, 3.8) is 0 Å². The number of rotatable bonds is 13. The van der Waals surface area contributed by atoms with E-state index in [4.69, 9.17) is 51.8 Å². The van der Waals surface area contributed by atoms with Crippen LogP contribution < -0.4 is 0 Å². The van der Waals surface area contributed by atoms with Gasteiger partial charge in [-0.1, -0.05) is 0 Å². The van der Waals surface area contributed by atoms with Gasteiger partial charge in [0.1, 0.15) is 24.9 Å². The first-order valence-electron chi connectivity index (χ1n) is 15.0. The Morgan fingerprint density at radius 1 is 0.458 bits per heavy atom. The molecule has 0 aromatic heterocycles. The second-order valence-corrected chi connectivity index (χ2v) is 16.4. The number of hydrogen-bond donors (Lipinski definition) is 0. The molecular formula is C29H44O18Si. The van der Waals surface area contributed by atoms with Crippen molar-refractivity contribution in [2.45, 2.75) is 130 Å². The molecule has 10 atom stereocenters. The van der Waals surface area contributed by atoms with E-state index in [0.717, 1.165) is 41.5 Å². The van der Waals surface area contributed by atoms with Crippen molar-refractivity contribution in [2.24, 2.45) is 0 Å². The minimum absolute atomic E-state index is 0.377. The maximum atomic E-state index is 12.3. The summed E-state index contributed by atoms with van der Waals surface area (Å²) in [6.07, 6.45) is -14.3. The SMILES string of the molecule is CC(=O)OCC1O[C@H](OCC2OC(OC(C)=O)[C@@H](OC(C)=O)C(OC(C)=O)[C@@H]2OC(C)=O)C(OC(C)=O)[C@@H](OC(C)=O)[C@H]1O[Si](C)(C)C. The molecule has 0 N–H and O–H groups in total. The van der Waals surface area contributed by atoms with Gasteiger partial charge in [0.25, 0.3) is 0 Å². The number of hydrogen-bond acceptors (Lipinski definition) is 18. The van der Waals surface area contributed by atoms with E-state index in [1.165, 1.54) is 6.92 Å². The van der Waals surface area contributed by atoms with E-state index in [-0.39, 0.29) is 6.61 Å². The highest BCUT2D eigenvalue weighted by molar-refractivity contribution is 6.69. The van der Waals surface area contributed by atoms with Crippen LogP contribution >= 0.6 is 0 Å². The Morgan fingerprint density at radius 3 is 1.27 bits per heavy atom. The molecule has 0 saturated carbocycles. The third-order valence-corrected chi connectivity index (χ3v) is 7.32. The molecule has 2 aliphatic rings. The number of carbonyl (C=O) groups is 7. The molecule has 2 saturated heterocycles. The maximum Gasteiger partial charge on any atom is 0.305 e. The third kappa shape index (κ3) is 12.8. The molecule has 2 aliphatic heterocycles. The Hall–Kier alpha value is -3.65. The molecule has 0 bridgehead atoms. The smallest absolute Gasteiger partial charge is 0.305 e. The van der Waals surface area contributed by atoms with Gasteiger partial charge in [-0.3, -0.25) is 33.6 Å². The van der Waals surface area contributed by atoms with Crippen molar-refractivity contribution < 1.29 is 85.4 Å². The molecule has 0 aromatic rings. The van der Waals surface area contributed by atoms with Crippen molar-refractivity contribution in [3.8, 4) is 0 Å². The monoisotopic (exact) mass is 708 g/mol. The lowest BCUT2D eigenvalue weighted by atomic mass is 9.97. The predicted molar refractivity (Wildman–Crippen MR) is 158 cm³/mol. The summed E-state index contributed by atoms with van der Waals surface area (Å²) in [6, 6.07) is 0. The molecule has 18 nitrogen and oxygen atoms in total. The maximum absolute atomic E-state index is 12.3. The molecule has 272 valence electrons. The fourth-order valence-electron chi connectivity index (χ4n) is 4.98. The van der Waals surface area contributed by atoms with Crippen LogP contribution in [0.5, 0.6) is 0 Å². The summed E-state index contributed by atoms with van der Waals surface area (Å²) < 4.78 is 61.9. The Kier molecular flexibility index (Phi) is 14.9. The Bertz CT molecular complexity index is 1200. The van der Waals surface area contributed by atoms with E-state index >= 15 is 0 Å². The van der Waals surface area contributed by atoms with Crippen LogP contribution in [0, 0.1) is 0 Å². The summed E-state index contributed by atoms with van der Waals surface area (Å²) in [5.41, 5.74) is 0. The molecule has 48 heavy (non-hydrogen) atoms. The lowest BCUT2D eigenvalue weighted by Gasteiger charge is -2.47. The standard InChI is InChI=1S/C29H44O18Si/c1-13(30)37-11-21-23(47-48(8,9)10)25(41-16(4)33)26(42-17(5)34)28(45-21)38-12-20-22(39-14(2)31)24(40-15(3)32)27(43-18(6)35)29(46-20)44-19(7)36/h20-29H,11-12H2,1-10H3/t20?,21?,22-,23+,24?,25+,26?,27+,28+,29?/m1/s1. The first kappa shape index (κ1) is 40.5. The zero-order valence-electron chi connectivity index (χ0n) is 28.5. The first-order valence-corrected chi connectivity index (χ1v) is 18.4. The Labute approximate surface area is 278 Å². The average Bonchev–Trinajstić information content (AvgIpc) is 2.90. The van der Waals surface area contributed by atoms with Gasteiger partial charge in [0.2, 0.25) is 12.4 Å². The summed E-state index contributed by atoms with van der Waals surface area (Å²) in [6.45, 7) is 12.2. The first-order chi connectivity index (χ1) is 22.2. The van der Waals surface area contributed by atoms with Gasteiger partial charge in [-0.25, -0.2) is 0 Å².